The van der Waals surface area contributed by atoms with Crippen molar-refractivity contribution in [1.29, 1.82) is 0 Å². The van der Waals surface area contributed by atoms with Crippen LogP contribution >= 0.6 is 0 Å². The quantitative estimate of drug-likeness (QED) is 0.639. The number of aromatic nitrogens is 2. The summed E-state index contributed by atoms with van der Waals surface area (Å²) in [6.45, 7) is 3.19. The molecule has 0 unspecified atom stereocenters. The summed E-state index contributed by atoms with van der Waals surface area (Å²) in [6, 6.07) is 14.5. The molecule has 31 heavy (non-hydrogen) atoms. The highest BCUT2D eigenvalue weighted by molar-refractivity contribution is 5.98. The Morgan fingerprint density at radius 3 is 2.45 bits per heavy atom. The number of carbonyl (C=O) groups is 2. The van der Waals surface area contributed by atoms with E-state index in [9.17, 15) is 14.4 Å². The van der Waals surface area contributed by atoms with Gasteiger partial charge in [-0.1, -0.05) is 29.8 Å². The summed E-state index contributed by atoms with van der Waals surface area (Å²) in [7, 11) is 0. The van der Waals surface area contributed by atoms with Gasteiger partial charge in [0.05, 0.1) is 17.2 Å². The van der Waals surface area contributed by atoms with Crippen molar-refractivity contribution in [3.63, 3.8) is 0 Å². The number of amides is 2. The molecule has 7 nitrogen and oxygen atoms in total. The lowest BCUT2D eigenvalue weighted by molar-refractivity contribution is -0.132. The van der Waals surface area contributed by atoms with E-state index in [0.29, 0.717) is 16.6 Å². The first kappa shape index (κ1) is 20.8. The number of benzene rings is 2. The second-order valence-electron chi connectivity index (χ2n) is 7.95. The molecule has 0 bridgehead atoms. The van der Waals surface area contributed by atoms with Gasteiger partial charge in [-0.3, -0.25) is 19.0 Å². The Kier molecular flexibility index (Phi) is 6.11. The van der Waals surface area contributed by atoms with E-state index in [-0.39, 0.29) is 30.5 Å². The fraction of sp³-hybridized carbons (Fsp3) is 0.333. The van der Waals surface area contributed by atoms with E-state index >= 15 is 0 Å². The molecule has 0 spiro atoms. The highest BCUT2D eigenvalue weighted by atomic mass is 16.2. The fourth-order valence-electron chi connectivity index (χ4n) is 3.88. The first-order chi connectivity index (χ1) is 15.0. The van der Waals surface area contributed by atoms with Crippen molar-refractivity contribution in [2.75, 3.05) is 24.5 Å². The highest BCUT2D eigenvalue weighted by Crippen LogP contribution is 2.17. The summed E-state index contributed by atoms with van der Waals surface area (Å²) in [4.78, 5) is 46.6. The number of rotatable bonds is 5. The number of piperidine rings is 1. The summed E-state index contributed by atoms with van der Waals surface area (Å²) in [5.74, 6) is -0.397. The van der Waals surface area contributed by atoms with E-state index < -0.39 is 0 Å². The number of nitrogens with zero attached hydrogens (tertiary/aromatic N) is 4. The Balaban J connectivity index is 1.60. The van der Waals surface area contributed by atoms with Gasteiger partial charge in [-0.2, -0.15) is 0 Å². The molecule has 0 aliphatic carbocycles. The molecule has 0 atom stereocenters. The van der Waals surface area contributed by atoms with Crippen molar-refractivity contribution in [1.82, 2.24) is 14.5 Å². The third kappa shape index (κ3) is 4.66. The summed E-state index contributed by atoms with van der Waals surface area (Å²) >= 11 is 0. The summed E-state index contributed by atoms with van der Waals surface area (Å²) in [5, 5.41) is 0.462. The Hall–Kier alpha value is -3.48. The van der Waals surface area contributed by atoms with E-state index in [0.717, 1.165) is 37.9 Å². The van der Waals surface area contributed by atoms with E-state index in [1.807, 2.05) is 42.2 Å². The first-order valence-electron chi connectivity index (χ1n) is 10.6. The van der Waals surface area contributed by atoms with Crippen LogP contribution in [0.1, 0.15) is 24.8 Å². The van der Waals surface area contributed by atoms with Crippen LogP contribution in [0.5, 0.6) is 0 Å². The highest BCUT2D eigenvalue weighted by Gasteiger charge is 2.24. The number of hydrogen-bond acceptors (Lipinski definition) is 4. The number of aryl methyl sites for hydroxylation is 1. The van der Waals surface area contributed by atoms with Crippen molar-refractivity contribution < 1.29 is 9.59 Å². The molecule has 2 amide bonds. The molecule has 0 N–H and O–H groups in total. The number of likely N-dealkylation sites (tertiary alicyclic amines) is 1. The van der Waals surface area contributed by atoms with Crippen LogP contribution < -0.4 is 10.5 Å². The lowest BCUT2D eigenvalue weighted by atomic mass is 10.1. The van der Waals surface area contributed by atoms with E-state index in [2.05, 4.69) is 4.98 Å². The molecule has 1 aromatic heterocycles. The van der Waals surface area contributed by atoms with Crippen molar-refractivity contribution in [3.05, 3.63) is 70.8 Å². The van der Waals surface area contributed by atoms with Gasteiger partial charge in [0, 0.05) is 18.8 Å². The number of fused-ring (bicyclic) bond motifs is 1. The van der Waals surface area contributed by atoms with Crippen molar-refractivity contribution >= 4 is 28.4 Å². The average Bonchev–Trinajstić information content (AvgIpc) is 2.80. The fourth-order valence-corrected chi connectivity index (χ4v) is 3.88. The predicted octanol–water partition coefficient (Wildman–Crippen LogP) is 2.75. The van der Waals surface area contributed by atoms with Crippen LogP contribution in [0.15, 0.2) is 59.7 Å². The summed E-state index contributed by atoms with van der Waals surface area (Å²) in [5.41, 5.74) is 2.02. The Morgan fingerprint density at radius 2 is 1.71 bits per heavy atom. The van der Waals surface area contributed by atoms with Crippen LogP contribution in [0.2, 0.25) is 0 Å². The van der Waals surface area contributed by atoms with Crippen molar-refractivity contribution in [2.24, 2.45) is 0 Å². The smallest absolute Gasteiger partial charge is 0.261 e. The van der Waals surface area contributed by atoms with Gasteiger partial charge in [-0.25, -0.2) is 4.98 Å². The second-order valence-corrected chi connectivity index (χ2v) is 7.95. The topological polar surface area (TPSA) is 75.5 Å². The maximum absolute atomic E-state index is 13.3. The largest absolute Gasteiger partial charge is 0.341 e. The van der Waals surface area contributed by atoms with Gasteiger partial charge in [-0.15, -0.1) is 0 Å². The molecule has 2 heterocycles. The SMILES string of the molecule is Cc1ccc(N(CC(=O)N2CCCCC2)C(=O)Cn2cnc3ccccc3c2=O)cc1. The van der Waals surface area contributed by atoms with Crippen molar-refractivity contribution in [2.45, 2.75) is 32.7 Å². The van der Waals surface area contributed by atoms with Gasteiger partial charge in [-0.05, 0) is 50.5 Å². The molecule has 1 aliphatic rings. The molecule has 2 aromatic carbocycles. The summed E-state index contributed by atoms with van der Waals surface area (Å²) < 4.78 is 1.30. The molecule has 160 valence electrons. The lowest BCUT2D eigenvalue weighted by Crippen LogP contribution is -2.46. The number of hydrogen-bond donors (Lipinski definition) is 0. The zero-order valence-corrected chi connectivity index (χ0v) is 17.7. The van der Waals surface area contributed by atoms with E-state index in [4.69, 9.17) is 0 Å². The zero-order valence-electron chi connectivity index (χ0n) is 17.7. The zero-order chi connectivity index (χ0) is 21.8. The minimum Gasteiger partial charge on any atom is -0.341 e. The normalized spacial score (nSPS) is 13.9. The molecule has 0 saturated carbocycles. The van der Waals surface area contributed by atoms with Crippen LogP contribution in [0, 0.1) is 6.92 Å². The molecule has 1 saturated heterocycles. The third-order valence-corrected chi connectivity index (χ3v) is 5.69. The molecule has 7 heteroatoms. The summed E-state index contributed by atoms with van der Waals surface area (Å²) in [6.07, 6.45) is 4.50. The second kappa shape index (κ2) is 9.12. The predicted molar refractivity (Wildman–Crippen MR) is 120 cm³/mol. The number of anilines is 1. The minimum atomic E-state index is -0.326. The maximum atomic E-state index is 13.3. The Labute approximate surface area is 180 Å². The minimum absolute atomic E-state index is 0.0440. The Morgan fingerprint density at radius 1 is 1.00 bits per heavy atom. The third-order valence-electron chi connectivity index (χ3n) is 5.69. The van der Waals surface area contributed by atoms with Gasteiger partial charge in [0.1, 0.15) is 13.1 Å². The van der Waals surface area contributed by atoms with Crippen LogP contribution in [0.3, 0.4) is 0 Å². The molecule has 4 rings (SSSR count). The van der Waals surface area contributed by atoms with Crippen LogP contribution in [-0.2, 0) is 16.1 Å². The van der Waals surface area contributed by atoms with Crippen molar-refractivity contribution in [3.8, 4) is 0 Å². The van der Waals surface area contributed by atoms with Crippen LogP contribution in [-0.4, -0.2) is 45.9 Å². The first-order valence-corrected chi connectivity index (χ1v) is 10.6. The standard InChI is InChI=1S/C24H26N4O3/c1-18-9-11-19(12-10-18)28(16-22(29)26-13-5-2-6-14-26)23(30)15-27-17-25-21-8-4-3-7-20(21)24(27)31/h3-4,7-12,17H,2,5-6,13-16H2,1H3. The van der Waals surface area contributed by atoms with E-state index in [1.165, 1.54) is 15.8 Å². The number of carbonyl (C=O) groups excluding carboxylic acids is 2. The van der Waals surface area contributed by atoms with Gasteiger partial charge >= 0.3 is 0 Å². The molecule has 1 aliphatic heterocycles. The van der Waals surface area contributed by atoms with Gasteiger partial charge in [0.15, 0.2) is 0 Å². The molecule has 1 fully saturated rings. The lowest BCUT2D eigenvalue weighted by Gasteiger charge is -2.30. The molecule has 3 aromatic rings. The van der Waals surface area contributed by atoms with Gasteiger partial charge < -0.3 is 9.80 Å². The van der Waals surface area contributed by atoms with E-state index in [1.54, 1.807) is 18.2 Å². The Bertz CT molecular complexity index is 1150. The van der Waals surface area contributed by atoms with Gasteiger partial charge in [0.2, 0.25) is 11.8 Å². The molecular formula is C24H26N4O3. The van der Waals surface area contributed by atoms with Crippen LogP contribution in [0.4, 0.5) is 5.69 Å². The molecule has 0 radical (unpaired) electrons. The van der Waals surface area contributed by atoms with Gasteiger partial charge in [0.25, 0.3) is 5.56 Å². The average molecular weight is 418 g/mol. The number of para-hydroxylation sites is 1. The molecular weight excluding hydrogens is 392 g/mol. The monoisotopic (exact) mass is 418 g/mol. The maximum Gasteiger partial charge on any atom is 0.261 e. The van der Waals surface area contributed by atoms with Crippen LogP contribution in [0.25, 0.3) is 10.9 Å².